The van der Waals surface area contributed by atoms with Crippen LogP contribution in [-0.2, 0) is 17.7 Å². The number of nitrogens with two attached hydrogens (primary N) is 1. The Kier molecular flexibility index (Phi) is 4.02. The SMILES string of the molecule is NCc1cccc(C(=O)OC2CCCc3ccccc32)c1. The molecule has 0 aliphatic heterocycles. The molecule has 0 saturated carbocycles. The maximum Gasteiger partial charge on any atom is 0.338 e. The molecule has 0 spiro atoms. The third kappa shape index (κ3) is 2.98. The summed E-state index contributed by atoms with van der Waals surface area (Å²) < 4.78 is 5.72. The summed E-state index contributed by atoms with van der Waals surface area (Å²) in [7, 11) is 0. The Morgan fingerprint density at radius 1 is 1.19 bits per heavy atom. The number of hydrogen-bond acceptors (Lipinski definition) is 3. The van der Waals surface area contributed by atoms with Crippen LogP contribution in [0.3, 0.4) is 0 Å². The van der Waals surface area contributed by atoms with Gasteiger partial charge < -0.3 is 10.5 Å². The molecule has 0 bridgehead atoms. The van der Waals surface area contributed by atoms with Crippen molar-refractivity contribution in [2.24, 2.45) is 5.73 Å². The Bertz CT molecular complexity index is 651. The number of hydrogen-bond donors (Lipinski definition) is 1. The fraction of sp³-hybridized carbons (Fsp3) is 0.278. The van der Waals surface area contributed by atoms with E-state index in [1.165, 1.54) is 5.56 Å². The van der Waals surface area contributed by atoms with Gasteiger partial charge in [0.05, 0.1) is 5.56 Å². The Morgan fingerprint density at radius 2 is 2.05 bits per heavy atom. The van der Waals surface area contributed by atoms with E-state index >= 15 is 0 Å². The summed E-state index contributed by atoms with van der Waals surface area (Å²) in [6, 6.07) is 15.5. The fourth-order valence-electron chi connectivity index (χ4n) is 2.85. The second-order valence-electron chi connectivity index (χ2n) is 5.39. The molecule has 3 nitrogen and oxygen atoms in total. The third-order valence-corrected chi connectivity index (χ3v) is 3.96. The lowest BCUT2D eigenvalue weighted by atomic mass is 9.89. The minimum atomic E-state index is -0.271. The van der Waals surface area contributed by atoms with Gasteiger partial charge in [-0.1, -0.05) is 36.4 Å². The summed E-state index contributed by atoms with van der Waals surface area (Å²) in [5, 5.41) is 0. The van der Waals surface area contributed by atoms with Crippen LogP contribution >= 0.6 is 0 Å². The number of carbonyl (C=O) groups is 1. The first-order valence-corrected chi connectivity index (χ1v) is 7.35. The van der Waals surface area contributed by atoms with Gasteiger partial charge in [0.25, 0.3) is 0 Å². The first kappa shape index (κ1) is 13.8. The van der Waals surface area contributed by atoms with Crippen LogP contribution in [0.1, 0.15) is 46.0 Å². The highest BCUT2D eigenvalue weighted by Crippen LogP contribution is 2.32. The van der Waals surface area contributed by atoms with E-state index < -0.39 is 0 Å². The molecular weight excluding hydrogens is 262 g/mol. The Hall–Kier alpha value is -2.13. The highest BCUT2D eigenvalue weighted by Gasteiger charge is 2.23. The van der Waals surface area contributed by atoms with Gasteiger partial charge in [0.15, 0.2) is 0 Å². The zero-order chi connectivity index (χ0) is 14.7. The number of ether oxygens (including phenoxy) is 1. The molecule has 2 N–H and O–H groups in total. The second-order valence-corrected chi connectivity index (χ2v) is 5.39. The maximum atomic E-state index is 12.3. The van der Waals surface area contributed by atoms with E-state index in [1.54, 1.807) is 12.1 Å². The van der Waals surface area contributed by atoms with E-state index in [1.807, 2.05) is 24.3 Å². The van der Waals surface area contributed by atoms with Crippen molar-refractivity contribution < 1.29 is 9.53 Å². The average Bonchev–Trinajstić information content (AvgIpc) is 2.55. The van der Waals surface area contributed by atoms with Crippen LogP contribution in [0.2, 0.25) is 0 Å². The van der Waals surface area contributed by atoms with Crippen molar-refractivity contribution in [2.45, 2.75) is 31.9 Å². The molecule has 0 fully saturated rings. The number of benzene rings is 2. The Balaban J connectivity index is 1.79. The highest BCUT2D eigenvalue weighted by molar-refractivity contribution is 5.89. The van der Waals surface area contributed by atoms with Crippen molar-refractivity contribution in [1.29, 1.82) is 0 Å². The molecule has 1 aliphatic carbocycles. The summed E-state index contributed by atoms with van der Waals surface area (Å²) in [5.74, 6) is -0.271. The number of carbonyl (C=O) groups excluding carboxylic acids is 1. The van der Waals surface area contributed by atoms with Gasteiger partial charge in [-0.2, -0.15) is 0 Å². The summed E-state index contributed by atoms with van der Waals surface area (Å²) in [6.45, 7) is 0.424. The Labute approximate surface area is 124 Å². The molecule has 21 heavy (non-hydrogen) atoms. The molecule has 2 aromatic rings. The zero-order valence-electron chi connectivity index (χ0n) is 11.9. The quantitative estimate of drug-likeness (QED) is 0.877. The maximum absolute atomic E-state index is 12.3. The van der Waals surface area contributed by atoms with Crippen molar-refractivity contribution in [2.75, 3.05) is 0 Å². The molecule has 3 heteroatoms. The van der Waals surface area contributed by atoms with E-state index in [0.29, 0.717) is 12.1 Å². The van der Waals surface area contributed by atoms with E-state index in [0.717, 1.165) is 30.4 Å². The number of esters is 1. The molecule has 1 unspecified atom stereocenters. The molecule has 0 aromatic heterocycles. The van der Waals surface area contributed by atoms with Gasteiger partial charge in [0, 0.05) is 6.54 Å². The van der Waals surface area contributed by atoms with Crippen molar-refractivity contribution in [1.82, 2.24) is 0 Å². The summed E-state index contributed by atoms with van der Waals surface area (Å²) in [4.78, 5) is 12.3. The van der Waals surface area contributed by atoms with Gasteiger partial charge in [0.2, 0.25) is 0 Å². The summed E-state index contributed by atoms with van der Waals surface area (Å²) >= 11 is 0. The predicted octanol–water partition coefficient (Wildman–Crippen LogP) is 3.38. The van der Waals surface area contributed by atoms with E-state index in [9.17, 15) is 4.79 Å². The van der Waals surface area contributed by atoms with Crippen molar-refractivity contribution in [3.8, 4) is 0 Å². The normalized spacial score (nSPS) is 17.1. The van der Waals surface area contributed by atoms with Crippen LogP contribution in [0.5, 0.6) is 0 Å². The molecule has 1 aliphatic rings. The van der Waals surface area contributed by atoms with Crippen molar-refractivity contribution >= 4 is 5.97 Å². The lowest BCUT2D eigenvalue weighted by Crippen LogP contribution is -2.17. The summed E-state index contributed by atoms with van der Waals surface area (Å²) in [6.07, 6.45) is 2.87. The fourth-order valence-corrected chi connectivity index (χ4v) is 2.85. The predicted molar refractivity (Wildman–Crippen MR) is 81.9 cm³/mol. The molecule has 0 heterocycles. The zero-order valence-corrected chi connectivity index (χ0v) is 11.9. The standard InChI is InChI=1S/C18H19NO2/c19-12-13-5-3-8-15(11-13)18(20)21-17-10-4-7-14-6-1-2-9-16(14)17/h1-3,5-6,8-9,11,17H,4,7,10,12,19H2. The first-order valence-electron chi connectivity index (χ1n) is 7.35. The van der Waals surface area contributed by atoms with Crippen LogP contribution in [0, 0.1) is 0 Å². The van der Waals surface area contributed by atoms with Gasteiger partial charge in [-0.3, -0.25) is 0 Å². The van der Waals surface area contributed by atoms with Crippen LogP contribution in [0.25, 0.3) is 0 Å². The average molecular weight is 281 g/mol. The van der Waals surface area contributed by atoms with Crippen LogP contribution in [0.15, 0.2) is 48.5 Å². The second kappa shape index (κ2) is 6.10. The molecule has 0 amide bonds. The molecule has 2 aromatic carbocycles. The van der Waals surface area contributed by atoms with E-state index in [2.05, 4.69) is 12.1 Å². The van der Waals surface area contributed by atoms with Gasteiger partial charge >= 0.3 is 5.97 Å². The molecule has 108 valence electrons. The van der Waals surface area contributed by atoms with Crippen molar-refractivity contribution in [3.05, 3.63) is 70.8 Å². The van der Waals surface area contributed by atoms with E-state index in [4.69, 9.17) is 10.5 Å². The highest BCUT2D eigenvalue weighted by atomic mass is 16.5. The number of rotatable bonds is 3. The van der Waals surface area contributed by atoms with Crippen LogP contribution in [-0.4, -0.2) is 5.97 Å². The molecule has 0 saturated heterocycles. The van der Waals surface area contributed by atoms with Gasteiger partial charge in [-0.05, 0) is 48.1 Å². The molecule has 0 radical (unpaired) electrons. The van der Waals surface area contributed by atoms with Gasteiger partial charge in [-0.25, -0.2) is 4.79 Å². The van der Waals surface area contributed by atoms with Crippen molar-refractivity contribution in [3.63, 3.8) is 0 Å². The Morgan fingerprint density at radius 3 is 2.90 bits per heavy atom. The summed E-state index contributed by atoms with van der Waals surface area (Å²) in [5.41, 5.74) is 9.56. The lowest BCUT2D eigenvalue weighted by molar-refractivity contribution is 0.0256. The minimum absolute atomic E-state index is 0.135. The number of aryl methyl sites for hydroxylation is 1. The molecule has 1 atom stereocenters. The van der Waals surface area contributed by atoms with Gasteiger partial charge in [-0.15, -0.1) is 0 Å². The van der Waals surface area contributed by atoms with E-state index in [-0.39, 0.29) is 12.1 Å². The topological polar surface area (TPSA) is 52.3 Å². The van der Waals surface area contributed by atoms with Crippen LogP contribution in [0.4, 0.5) is 0 Å². The minimum Gasteiger partial charge on any atom is -0.454 e. The first-order chi connectivity index (χ1) is 10.3. The smallest absolute Gasteiger partial charge is 0.338 e. The molecular formula is C18H19NO2. The third-order valence-electron chi connectivity index (χ3n) is 3.96. The number of fused-ring (bicyclic) bond motifs is 1. The van der Waals surface area contributed by atoms with Gasteiger partial charge in [0.1, 0.15) is 6.10 Å². The lowest BCUT2D eigenvalue weighted by Gasteiger charge is -2.25. The van der Waals surface area contributed by atoms with Crippen LogP contribution < -0.4 is 5.73 Å². The molecule has 3 rings (SSSR count). The largest absolute Gasteiger partial charge is 0.454 e. The monoisotopic (exact) mass is 281 g/mol.